The van der Waals surface area contributed by atoms with Crippen molar-refractivity contribution in [1.29, 1.82) is 0 Å². The Morgan fingerprint density at radius 1 is 1.36 bits per heavy atom. The second-order valence-corrected chi connectivity index (χ2v) is 7.15. The number of aryl methyl sites for hydroxylation is 2. The zero-order valence-corrected chi connectivity index (χ0v) is 14.8. The molecule has 1 N–H and O–H groups in total. The summed E-state index contributed by atoms with van der Waals surface area (Å²) in [7, 11) is 3.49. The number of carbonyl (C=O) groups is 1. The van der Waals surface area contributed by atoms with Crippen molar-refractivity contribution < 1.29 is 9.72 Å². The van der Waals surface area contributed by atoms with Crippen molar-refractivity contribution in [3.8, 4) is 0 Å². The van der Waals surface area contributed by atoms with Crippen molar-refractivity contribution in [3.05, 3.63) is 55.3 Å². The van der Waals surface area contributed by atoms with Crippen molar-refractivity contribution in [2.24, 2.45) is 5.10 Å². The van der Waals surface area contributed by atoms with E-state index < -0.39 is 4.92 Å². The van der Waals surface area contributed by atoms with Gasteiger partial charge in [-0.15, -0.1) is 11.3 Å². The van der Waals surface area contributed by atoms with E-state index in [2.05, 4.69) is 10.5 Å². The van der Waals surface area contributed by atoms with Crippen LogP contribution in [-0.4, -0.2) is 31.1 Å². The number of rotatable bonds is 5. The van der Waals surface area contributed by atoms with Crippen molar-refractivity contribution in [2.45, 2.75) is 19.3 Å². The van der Waals surface area contributed by atoms with Gasteiger partial charge in [-0.2, -0.15) is 5.10 Å². The molecule has 1 heterocycles. The summed E-state index contributed by atoms with van der Waals surface area (Å²) in [4.78, 5) is 26.5. The van der Waals surface area contributed by atoms with Gasteiger partial charge in [0, 0.05) is 30.6 Å². The van der Waals surface area contributed by atoms with Gasteiger partial charge in [0.1, 0.15) is 5.69 Å². The molecular formula is C17H18N4O3S. The van der Waals surface area contributed by atoms with Gasteiger partial charge in [0.25, 0.3) is 11.6 Å². The largest absolute Gasteiger partial charge is 0.372 e. The van der Waals surface area contributed by atoms with Crippen molar-refractivity contribution in [3.63, 3.8) is 0 Å². The van der Waals surface area contributed by atoms with Gasteiger partial charge < -0.3 is 4.90 Å². The third-order valence-corrected chi connectivity index (χ3v) is 5.26. The molecule has 0 spiro atoms. The Hall–Kier alpha value is -2.74. The number of amides is 1. The maximum atomic E-state index is 12.1. The van der Waals surface area contributed by atoms with E-state index in [9.17, 15) is 14.9 Å². The van der Waals surface area contributed by atoms with Gasteiger partial charge in [-0.1, -0.05) is 6.07 Å². The number of nitro benzene ring substituents is 1. The lowest BCUT2D eigenvalue weighted by Gasteiger charge is -2.12. The van der Waals surface area contributed by atoms with Crippen LogP contribution in [0.3, 0.4) is 0 Å². The van der Waals surface area contributed by atoms with Crippen LogP contribution in [0.1, 0.15) is 32.1 Å². The molecule has 8 heteroatoms. The third-order valence-electron chi connectivity index (χ3n) is 4.03. The normalized spacial score (nSPS) is 13.0. The highest BCUT2D eigenvalue weighted by Crippen LogP contribution is 2.30. The number of nitrogens with zero attached hydrogens (tertiary/aromatic N) is 3. The van der Waals surface area contributed by atoms with Crippen LogP contribution < -0.4 is 10.3 Å². The summed E-state index contributed by atoms with van der Waals surface area (Å²) >= 11 is 1.51. The zero-order valence-electron chi connectivity index (χ0n) is 14.0. The van der Waals surface area contributed by atoms with Crippen LogP contribution in [0.4, 0.5) is 11.4 Å². The van der Waals surface area contributed by atoms with Gasteiger partial charge in [0.15, 0.2) is 0 Å². The lowest BCUT2D eigenvalue weighted by atomic mass is 10.2. The Kier molecular flexibility index (Phi) is 4.80. The van der Waals surface area contributed by atoms with Crippen LogP contribution in [0, 0.1) is 10.1 Å². The van der Waals surface area contributed by atoms with Crippen molar-refractivity contribution in [1.82, 2.24) is 5.43 Å². The minimum Gasteiger partial charge on any atom is -0.372 e. The average Bonchev–Trinajstić information content (AvgIpc) is 3.16. The van der Waals surface area contributed by atoms with Crippen LogP contribution >= 0.6 is 11.3 Å². The van der Waals surface area contributed by atoms with E-state index in [1.54, 1.807) is 31.1 Å². The molecule has 0 saturated carbocycles. The maximum absolute atomic E-state index is 12.1. The number of hydrogen-bond donors (Lipinski definition) is 1. The first kappa shape index (κ1) is 17.1. The molecule has 0 atom stereocenters. The lowest BCUT2D eigenvalue weighted by molar-refractivity contribution is -0.384. The number of nitro groups is 1. The fourth-order valence-corrected chi connectivity index (χ4v) is 3.95. The predicted molar refractivity (Wildman–Crippen MR) is 98.8 cm³/mol. The number of benzene rings is 1. The SMILES string of the molecule is CN(C)c1ccc(/C=N\NC(=O)c2cc3c(s2)CCC3)cc1[N+](=O)[O-]. The summed E-state index contributed by atoms with van der Waals surface area (Å²) in [6.07, 6.45) is 4.64. The van der Waals surface area contributed by atoms with Gasteiger partial charge in [-0.3, -0.25) is 14.9 Å². The lowest BCUT2D eigenvalue weighted by Crippen LogP contribution is -2.16. The van der Waals surface area contributed by atoms with Gasteiger partial charge in [0.05, 0.1) is 16.0 Å². The Bertz CT molecular complexity index is 836. The molecule has 1 aromatic carbocycles. The molecule has 0 aliphatic heterocycles. The second kappa shape index (κ2) is 7.02. The smallest absolute Gasteiger partial charge is 0.293 e. The fourth-order valence-electron chi connectivity index (χ4n) is 2.81. The molecule has 1 aromatic heterocycles. The maximum Gasteiger partial charge on any atom is 0.293 e. The molecule has 0 saturated heterocycles. The molecule has 25 heavy (non-hydrogen) atoms. The van der Waals surface area contributed by atoms with E-state index in [-0.39, 0.29) is 11.6 Å². The Labute approximate surface area is 149 Å². The minimum absolute atomic E-state index is 0.00467. The van der Waals surface area contributed by atoms with E-state index >= 15 is 0 Å². The molecular weight excluding hydrogens is 340 g/mol. The molecule has 0 bridgehead atoms. The summed E-state index contributed by atoms with van der Waals surface area (Å²) in [5.41, 5.74) is 4.80. The number of fused-ring (bicyclic) bond motifs is 1. The van der Waals surface area contributed by atoms with Gasteiger partial charge in [-0.05, 0) is 37.0 Å². The Morgan fingerprint density at radius 2 is 2.16 bits per heavy atom. The van der Waals surface area contributed by atoms with E-state index in [0.29, 0.717) is 16.1 Å². The first-order valence-electron chi connectivity index (χ1n) is 7.86. The summed E-state index contributed by atoms with van der Waals surface area (Å²) in [5, 5.41) is 15.1. The number of nitrogens with one attached hydrogen (secondary N) is 1. The summed E-state index contributed by atoms with van der Waals surface area (Å²) in [5.74, 6) is -0.255. The molecule has 1 aliphatic rings. The number of hydrogen-bond acceptors (Lipinski definition) is 6. The quantitative estimate of drug-likeness (QED) is 0.506. The first-order valence-corrected chi connectivity index (χ1v) is 8.68. The van der Waals surface area contributed by atoms with E-state index in [0.717, 1.165) is 19.3 Å². The monoisotopic (exact) mass is 358 g/mol. The molecule has 0 radical (unpaired) electrons. The number of carbonyl (C=O) groups excluding carboxylic acids is 1. The average molecular weight is 358 g/mol. The van der Waals surface area contributed by atoms with Crippen molar-refractivity contribution >= 4 is 34.8 Å². The van der Waals surface area contributed by atoms with E-state index in [1.807, 2.05) is 6.07 Å². The second-order valence-electron chi connectivity index (χ2n) is 6.01. The standard InChI is InChI=1S/C17H18N4O3S/c1-20(2)13-7-6-11(8-14(13)21(23)24)10-18-19-17(22)16-9-12-4-3-5-15(12)25-16/h6-10H,3-5H2,1-2H3,(H,19,22)/b18-10-. The van der Waals surface area contributed by atoms with Crippen LogP contribution in [0.15, 0.2) is 29.4 Å². The molecule has 3 rings (SSSR count). The summed E-state index contributed by atoms with van der Waals surface area (Å²) in [6, 6.07) is 6.74. The molecule has 1 aliphatic carbocycles. The summed E-state index contributed by atoms with van der Waals surface area (Å²) < 4.78 is 0. The highest BCUT2D eigenvalue weighted by atomic mass is 32.1. The predicted octanol–water partition coefficient (Wildman–Crippen LogP) is 2.97. The highest BCUT2D eigenvalue weighted by Gasteiger charge is 2.18. The van der Waals surface area contributed by atoms with E-state index in [1.165, 1.54) is 34.1 Å². The number of hydrazone groups is 1. The zero-order chi connectivity index (χ0) is 18.0. The molecule has 0 unspecified atom stereocenters. The van der Waals surface area contributed by atoms with Crippen LogP contribution in [0.2, 0.25) is 0 Å². The van der Waals surface area contributed by atoms with Crippen LogP contribution in [-0.2, 0) is 12.8 Å². The molecule has 2 aromatic rings. The Balaban J connectivity index is 1.70. The third kappa shape index (κ3) is 3.69. The molecule has 1 amide bonds. The van der Waals surface area contributed by atoms with Gasteiger partial charge in [-0.25, -0.2) is 5.43 Å². The van der Waals surface area contributed by atoms with Gasteiger partial charge >= 0.3 is 0 Å². The number of thiophene rings is 1. The van der Waals surface area contributed by atoms with Crippen molar-refractivity contribution in [2.75, 3.05) is 19.0 Å². The molecule has 7 nitrogen and oxygen atoms in total. The minimum atomic E-state index is -0.432. The van der Waals surface area contributed by atoms with E-state index in [4.69, 9.17) is 0 Å². The van der Waals surface area contributed by atoms with Crippen LogP contribution in [0.5, 0.6) is 0 Å². The molecule has 130 valence electrons. The fraction of sp³-hybridized carbons (Fsp3) is 0.294. The van der Waals surface area contributed by atoms with Gasteiger partial charge in [0.2, 0.25) is 0 Å². The topological polar surface area (TPSA) is 87.8 Å². The molecule has 0 fully saturated rings. The first-order chi connectivity index (χ1) is 12.0. The van der Waals surface area contributed by atoms with Crippen LogP contribution in [0.25, 0.3) is 0 Å². The number of anilines is 1. The summed E-state index contributed by atoms with van der Waals surface area (Å²) in [6.45, 7) is 0. The Morgan fingerprint density at radius 3 is 2.84 bits per heavy atom. The highest BCUT2D eigenvalue weighted by molar-refractivity contribution is 7.14.